The van der Waals surface area contributed by atoms with Gasteiger partial charge in [0.05, 0.1) is 6.10 Å². The van der Waals surface area contributed by atoms with E-state index in [0.717, 1.165) is 58.7 Å². The number of ether oxygens (including phenoxy) is 1. The van der Waals surface area contributed by atoms with E-state index in [1.54, 1.807) is 0 Å². The molecule has 5 nitrogen and oxygen atoms in total. The van der Waals surface area contributed by atoms with Gasteiger partial charge in [0.15, 0.2) is 0 Å². The zero-order valence-electron chi connectivity index (χ0n) is 11.4. The first kappa shape index (κ1) is 13.8. The summed E-state index contributed by atoms with van der Waals surface area (Å²) in [6.45, 7) is 9.21. The van der Waals surface area contributed by atoms with Crippen molar-refractivity contribution in [1.29, 1.82) is 0 Å². The lowest BCUT2D eigenvalue weighted by molar-refractivity contribution is -0.140. The summed E-state index contributed by atoms with van der Waals surface area (Å²) in [7, 11) is 0. The highest BCUT2D eigenvalue weighted by Gasteiger charge is 2.21. The second-order valence-electron chi connectivity index (χ2n) is 5.08. The molecule has 0 spiro atoms. The van der Waals surface area contributed by atoms with Crippen LogP contribution in [0.4, 0.5) is 0 Å². The van der Waals surface area contributed by atoms with Gasteiger partial charge in [-0.25, -0.2) is 0 Å². The Morgan fingerprint density at radius 2 is 1.89 bits per heavy atom. The van der Waals surface area contributed by atoms with E-state index >= 15 is 0 Å². The van der Waals surface area contributed by atoms with Crippen LogP contribution in [0.3, 0.4) is 0 Å². The molecule has 2 saturated heterocycles. The minimum absolute atomic E-state index is 0.157. The van der Waals surface area contributed by atoms with Crippen molar-refractivity contribution in [3.8, 4) is 0 Å². The van der Waals surface area contributed by atoms with Gasteiger partial charge in [-0.3, -0.25) is 4.79 Å². The fourth-order valence-corrected chi connectivity index (χ4v) is 2.56. The maximum Gasteiger partial charge on any atom is 0.248 e. The number of nitrogens with zero attached hydrogens (tertiary/aromatic N) is 2. The fourth-order valence-electron chi connectivity index (χ4n) is 2.56. The third kappa shape index (κ3) is 3.93. The number of hydrogen-bond donors (Lipinski definition) is 1. The Bertz CT molecular complexity index is 259. The highest BCUT2D eigenvalue weighted by Crippen LogP contribution is 2.08. The average Bonchev–Trinajstić information content (AvgIpc) is 2.46. The lowest BCUT2D eigenvalue weighted by atomic mass is 10.1. The van der Waals surface area contributed by atoms with Gasteiger partial charge in [-0.15, -0.1) is 0 Å². The van der Waals surface area contributed by atoms with Crippen molar-refractivity contribution in [3.05, 3.63) is 0 Å². The van der Waals surface area contributed by atoms with Gasteiger partial charge < -0.3 is 19.9 Å². The van der Waals surface area contributed by atoms with E-state index in [2.05, 4.69) is 17.1 Å². The molecule has 1 amide bonds. The summed E-state index contributed by atoms with van der Waals surface area (Å²) >= 11 is 0. The molecule has 18 heavy (non-hydrogen) atoms. The summed E-state index contributed by atoms with van der Waals surface area (Å²) in [6, 6.07) is 0. The Morgan fingerprint density at radius 1 is 1.22 bits per heavy atom. The molecule has 2 rings (SSSR count). The zero-order valence-corrected chi connectivity index (χ0v) is 11.4. The van der Waals surface area contributed by atoms with E-state index in [4.69, 9.17) is 4.74 Å². The van der Waals surface area contributed by atoms with Crippen LogP contribution >= 0.6 is 0 Å². The van der Waals surface area contributed by atoms with Gasteiger partial charge in [0.2, 0.25) is 5.91 Å². The van der Waals surface area contributed by atoms with E-state index in [0.29, 0.717) is 0 Å². The topological polar surface area (TPSA) is 44.8 Å². The van der Waals surface area contributed by atoms with Gasteiger partial charge in [0.1, 0.15) is 6.61 Å². The monoisotopic (exact) mass is 255 g/mol. The van der Waals surface area contributed by atoms with Crippen LogP contribution < -0.4 is 5.32 Å². The quantitative estimate of drug-likeness (QED) is 0.763. The Morgan fingerprint density at radius 3 is 2.50 bits per heavy atom. The summed E-state index contributed by atoms with van der Waals surface area (Å²) in [4.78, 5) is 16.3. The third-order valence-corrected chi connectivity index (χ3v) is 3.90. The van der Waals surface area contributed by atoms with E-state index in [-0.39, 0.29) is 18.6 Å². The standard InChI is InChI=1S/C13H25N3O2/c1-2-15-7-9-16(10-8-15)13(17)11-18-12-3-5-14-6-4-12/h12,14H,2-11H2,1H3. The minimum Gasteiger partial charge on any atom is -0.368 e. The van der Waals surface area contributed by atoms with Crippen LogP contribution in [0.15, 0.2) is 0 Å². The van der Waals surface area contributed by atoms with Crippen LogP contribution in [0.5, 0.6) is 0 Å². The predicted molar refractivity (Wildman–Crippen MR) is 70.5 cm³/mol. The summed E-state index contributed by atoms with van der Waals surface area (Å²) in [5.41, 5.74) is 0. The lowest BCUT2D eigenvalue weighted by Gasteiger charge is -2.34. The van der Waals surface area contributed by atoms with Crippen LogP contribution in [0.2, 0.25) is 0 Å². The van der Waals surface area contributed by atoms with Crippen molar-refractivity contribution in [1.82, 2.24) is 15.1 Å². The number of hydrogen-bond acceptors (Lipinski definition) is 4. The Labute approximate surface area is 109 Å². The van der Waals surface area contributed by atoms with Gasteiger partial charge in [0.25, 0.3) is 0 Å². The second kappa shape index (κ2) is 7.07. The highest BCUT2D eigenvalue weighted by molar-refractivity contribution is 5.77. The number of nitrogens with one attached hydrogen (secondary N) is 1. The number of amides is 1. The molecule has 2 heterocycles. The Kier molecular flexibility index (Phi) is 5.41. The van der Waals surface area contributed by atoms with Crippen molar-refractivity contribution >= 4 is 5.91 Å². The van der Waals surface area contributed by atoms with Crippen molar-refractivity contribution in [2.75, 3.05) is 52.4 Å². The maximum absolute atomic E-state index is 12.0. The molecule has 0 aromatic carbocycles. The van der Waals surface area contributed by atoms with Gasteiger partial charge >= 0.3 is 0 Å². The number of piperazine rings is 1. The fraction of sp³-hybridized carbons (Fsp3) is 0.923. The molecule has 2 fully saturated rings. The molecular weight excluding hydrogens is 230 g/mol. The molecule has 1 N–H and O–H groups in total. The van der Waals surface area contributed by atoms with Gasteiger partial charge in [0, 0.05) is 26.2 Å². The Balaban J connectivity index is 1.65. The van der Waals surface area contributed by atoms with Gasteiger partial charge in [-0.2, -0.15) is 0 Å². The molecule has 0 bridgehead atoms. The van der Waals surface area contributed by atoms with Crippen LogP contribution in [-0.2, 0) is 9.53 Å². The second-order valence-corrected chi connectivity index (χ2v) is 5.08. The first-order valence-electron chi connectivity index (χ1n) is 7.12. The molecule has 2 aliphatic rings. The Hall–Kier alpha value is -0.650. The van der Waals surface area contributed by atoms with Crippen LogP contribution in [0, 0.1) is 0 Å². The third-order valence-electron chi connectivity index (χ3n) is 3.90. The smallest absolute Gasteiger partial charge is 0.248 e. The van der Waals surface area contributed by atoms with Gasteiger partial charge in [-0.1, -0.05) is 6.92 Å². The van der Waals surface area contributed by atoms with Crippen molar-refractivity contribution in [2.45, 2.75) is 25.9 Å². The van der Waals surface area contributed by atoms with E-state index in [1.807, 2.05) is 4.90 Å². The molecule has 2 aliphatic heterocycles. The van der Waals surface area contributed by atoms with Crippen molar-refractivity contribution in [2.24, 2.45) is 0 Å². The average molecular weight is 255 g/mol. The number of carbonyl (C=O) groups excluding carboxylic acids is 1. The molecule has 104 valence electrons. The molecule has 0 saturated carbocycles. The first-order chi connectivity index (χ1) is 8.79. The lowest BCUT2D eigenvalue weighted by Crippen LogP contribution is -2.49. The molecule has 0 unspecified atom stereocenters. The molecule has 0 atom stereocenters. The maximum atomic E-state index is 12.0. The number of piperidine rings is 1. The molecule has 0 aliphatic carbocycles. The first-order valence-corrected chi connectivity index (χ1v) is 7.12. The molecular formula is C13H25N3O2. The van der Waals surface area contributed by atoms with Gasteiger partial charge in [-0.05, 0) is 32.5 Å². The normalized spacial score (nSPS) is 23.3. The molecule has 0 radical (unpaired) electrons. The van der Waals surface area contributed by atoms with Crippen molar-refractivity contribution < 1.29 is 9.53 Å². The van der Waals surface area contributed by atoms with Crippen molar-refractivity contribution in [3.63, 3.8) is 0 Å². The summed E-state index contributed by atoms with van der Waals surface area (Å²) < 4.78 is 5.71. The van der Waals surface area contributed by atoms with E-state index in [1.165, 1.54) is 0 Å². The predicted octanol–water partition coefficient (Wildman–Crippen LogP) is -0.0809. The van der Waals surface area contributed by atoms with E-state index < -0.39 is 0 Å². The largest absolute Gasteiger partial charge is 0.368 e. The summed E-state index contributed by atoms with van der Waals surface area (Å²) in [5.74, 6) is 0.157. The number of likely N-dealkylation sites (N-methyl/N-ethyl adjacent to an activating group) is 1. The zero-order chi connectivity index (χ0) is 12.8. The molecule has 5 heteroatoms. The van der Waals surface area contributed by atoms with Crippen LogP contribution in [0.1, 0.15) is 19.8 Å². The summed E-state index contributed by atoms with van der Waals surface area (Å²) in [6.07, 6.45) is 2.32. The van der Waals surface area contributed by atoms with E-state index in [9.17, 15) is 4.79 Å². The highest BCUT2D eigenvalue weighted by atomic mass is 16.5. The number of carbonyl (C=O) groups is 1. The van der Waals surface area contributed by atoms with Crippen LogP contribution in [0.25, 0.3) is 0 Å². The SMILES string of the molecule is CCN1CCN(C(=O)COC2CCNCC2)CC1. The van der Waals surface area contributed by atoms with Crippen LogP contribution in [-0.4, -0.2) is 74.2 Å². The minimum atomic E-state index is 0.157. The molecule has 0 aromatic rings. The summed E-state index contributed by atoms with van der Waals surface area (Å²) in [5, 5.41) is 3.30. The number of rotatable bonds is 4. The molecule has 0 aromatic heterocycles.